The Labute approximate surface area is 166 Å². The fourth-order valence-electron chi connectivity index (χ4n) is 2.88. The van der Waals surface area contributed by atoms with Gasteiger partial charge in [-0.3, -0.25) is 14.8 Å². The molecule has 0 saturated carbocycles. The quantitative estimate of drug-likeness (QED) is 0.303. The van der Waals surface area contributed by atoms with Crippen LogP contribution in [0.1, 0.15) is 30.1 Å². The fraction of sp³-hybridized carbons (Fsp3) is 0.200. The van der Waals surface area contributed by atoms with Gasteiger partial charge in [0.15, 0.2) is 11.6 Å². The molecule has 2 aromatic heterocycles. The van der Waals surface area contributed by atoms with Crippen LogP contribution in [0.5, 0.6) is 0 Å². The summed E-state index contributed by atoms with van der Waals surface area (Å²) in [5.41, 5.74) is 6.63. The number of hydrogen-bond acceptors (Lipinski definition) is 7. The third-order valence-electron chi connectivity index (χ3n) is 4.51. The van der Waals surface area contributed by atoms with E-state index in [2.05, 4.69) is 15.3 Å². The number of amides is 1. The second kappa shape index (κ2) is 8.61. The van der Waals surface area contributed by atoms with Gasteiger partial charge in [0.05, 0.1) is 11.1 Å². The summed E-state index contributed by atoms with van der Waals surface area (Å²) in [5, 5.41) is 5.07. The number of rotatable bonds is 8. The Hall–Kier alpha value is -3.59. The number of primary amides is 1. The van der Waals surface area contributed by atoms with E-state index in [1.807, 2.05) is 18.2 Å². The molecule has 0 aliphatic heterocycles. The maximum Gasteiger partial charge on any atom is 0.252 e. The van der Waals surface area contributed by atoms with Gasteiger partial charge in [-0.25, -0.2) is 15.2 Å². The van der Waals surface area contributed by atoms with Gasteiger partial charge in [-0.2, -0.15) is 0 Å². The van der Waals surface area contributed by atoms with E-state index in [0.29, 0.717) is 12.1 Å². The first kappa shape index (κ1) is 20.2. The van der Waals surface area contributed by atoms with Gasteiger partial charge < -0.3 is 15.8 Å². The van der Waals surface area contributed by atoms with Crippen LogP contribution in [-0.2, 0) is 4.79 Å². The lowest BCUT2D eigenvalue weighted by atomic mass is 10.1. The van der Waals surface area contributed by atoms with E-state index in [4.69, 9.17) is 11.6 Å². The van der Waals surface area contributed by atoms with Crippen molar-refractivity contribution in [3.63, 3.8) is 0 Å². The predicted molar refractivity (Wildman–Crippen MR) is 109 cm³/mol. The lowest BCUT2D eigenvalue weighted by Crippen LogP contribution is -2.41. The smallest absolute Gasteiger partial charge is 0.252 e. The van der Waals surface area contributed by atoms with Crippen molar-refractivity contribution < 1.29 is 14.0 Å². The molecular weight excluding hydrogens is 375 g/mol. The van der Waals surface area contributed by atoms with Crippen LogP contribution in [-0.4, -0.2) is 28.2 Å². The molecule has 0 aliphatic carbocycles. The number of hydrogen-bond donors (Lipinski definition) is 3. The van der Waals surface area contributed by atoms with Crippen molar-refractivity contribution in [3.8, 4) is 0 Å². The van der Waals surface area contributed by atoms with Crippen molar-refractivity contribution in [1.29, 1.82) is 0 Å². The van der Waals surface area contributed by atoms with E-state index in [0.717, 1.165) is 28.3 Å². The number of carbonyl (C=O) groups excluding carboxylic acids is 2. The molecule has 3 rings (SSSR count). The molecule has 2 heterocycles. The van der Waals surface area contributed by atoms with E-state index in [1.54, 1.807) is 25.3 Å². The highest BCUT2D eigenvalue weighted by Crippen LogP contribution is 2.27. The molecule has 8 nitrogen and oxygen atoms in total. The number of halogens is 1. The van der Waals surface area contributed by atoms with E-state index < -0.39 is 11.7 Å². The Morgan fingerprint density at radius 1 is 1.34 bits per heavy atom. The highest BCUT2D eigenvalue weighted by molar-refractivity contribution is 5.99. The zero-order valence-electron chi connectivity index (χ0n) is 15.8. The molecule has 150 valence electrons. The topological polar surface area (TPSA) is 127 Å². The van der Waals surface area contributed by atoms with Crippen molar-refractivity contribution in [2.45, 2.75) is 25.8 Å². The Morgan fingerprint density at radius 2 is 2.14 bits per heavy atom. The van der Waals surface area contributed by atoms with Gasteiger partial charge in [-0.15, -0.1) is 0 Å². The van der Waals surface area contributed by atoms with Crippen LogP contribution in [0, 0.1) is 5.82 Å². The van der Waals surface area contributed by atoms with Gasteiger partial charge in [0, 0.05) is 29.7 Å². The highest BCUT2D eigenvalue weighted by atomic mass is 19.1. The number of fused-ring (bicyclic) bond motifs is 1. The number of aromatic nitrogens is 2. The Kier molecular flexibility index (Phi) is 5.99. The number of pyridine rings is 2. The summed E-state index contributed by atoms with van der Waals surface area (Å²) < 4.78 is 14.6. The van der Waals surface area contributed by atoms with E-state index >= 15 is 0 Å². The summed E-state index contributed by atoms with van der Waals surface area (Å²) in [7, 11) is 0. The molecule has 3 aromatic rings. The molecule has 1 aromatic carbocycles. The molecule has 0 spiro atoms. The van der Waals surface area contributed by atoms with Crippen LogP contribution in [0.2, 0.25) is 0 Å². The lowest BCUT2D eigenvalue weighted by Gasteiger charge is -2.26. The van der Waals surface area contributed by atoms with Crippen LogP contribution < -0.4 is 21.9 Å². The van der Waals surface area contributed by atoms with Gasteiger partial charge in [-0.05, 0) is 37.6 Å². The minimum absolute atomic E-state index is 0.0715. The summed E-state index contributed by atoms with van der Waals surface area (Å²) in [4.78, 5) is 30.9. The van der Waals surface area contributed by atoms with E-state index in [-0.39, 0.29) is 29.7 Å². The molecule has 1 atom stereocenters. The molecule has 0 aliphatic rings. The number of nitrogens with one attached hydrogen (secondary N) is 1. The number of nitrogens with zero attached hydrogens (tertiary/aromatic N) is 3. The minimum Gasteiger partial charge on any atom is -0.365 e. The van der Waals surface area contributed by atoms with Crippen molar-refractivity contribution in [1.82, 2.24) is 9.97 Å². The van der Waals surface area contributed by atoms with Crippen LogP contribution in [0.15, 0.2) is 42.6 Å². The van der Waals surface area contributed by atoms with E-state index in [9.17, 15) is 14.0 Å². The molecule has 5 N–H and O–H groups in total. The summed E-state index contributed by atoms with van der Waals surface area (Å²) in [6.45, 7) is 1.74. The third kappa shape index (κ3) is 4.46. The summed E-state index contributed by atoms with van der Waals surface area (Å²) in [6, 6.07) is 9.82. The van der Waals surface area contributed by atoms with Crippen LogP contribution in [0.25, 0.3) is 10.9 Å². The number of carbonyl (C=O) groups is 2. The van der Waals surface area contributed by atoms with Crippen molar-refractivity contribution in [3.05, 3.63) is 54.0 Å². The summed E-state index contributed by atoms with van der Waals surface area (Å²) in [6.07, 6.45) is 3.15. The molecule has 0 radical (unpaired) electrons. The van der Waals surface area contributed by atoms with Gasteiger partial charge >= 0.3 is 0 Å². The molecule has 0 bridgehead atoms. The molecule has 1 unspecified atom stereocenters. The number of hydrazine groups is 1. The first-order valence-corrected chi connectivity index (χ1v) is 9.00. The molecule has 0 fully saturated rings. The minimum atomic E-state index is -0.832. The van der Waals surface area contributed by atoms with Gasteiger partial charge in [0.2, 0.25) is 0 Å². The second-order valence-electron chi connectivity index (χ2n) is 6.59. The maximum absolute atomic E-state index is 14.6. The normalized spacial score (nSPS) is 11.8. The SMILES string of the molecule is CC(CCC=O)N(N)c1nc(Nc2ccc3cccnc3c2)c(C(N)=O)cc1F. The Bertz CT molecular complexity index is 1060. The zero-order valence-corrected chi connectivity index (χ0v) is 15.8. The molecule has 1 amide bonds. The van der Waals surface area contributed by atoms with Gasteiger partial charge in [-0.1, -0.05) is 12.1 Å². The van der Waals surface area contributed by atoms with Crippen LogP contribution in [0.4, 0.5) is 21.7 Å². The average Bonchev–Trinajstić information content (AvgIpc) is 2.72. The van der Waals surface area contributed by atoms with Crippen molar-refractivity contribution in [2.75, 3.05) is 10.3 Å². The maximum atomic E-state index is 14.6. The molecule has 0 saturated heterocycles. The molecule has 29 heavy (non-hydrogen) atoms. The van der Waals surface area contributed by atoms with Gasteiger partial charge in [0.1, 0.15) is 12.1 Å². The first-order valence-electron chi connectivity index (χ1n) is 9.00. The predicted octanol–water partition coefficient (Wildman–Crippen LogP) is 2.66. The Morgan fingerprint density at radius 3 is 2.86 bits per heavy atom. The monoisotopic (exact) mass is 396 g/mol. The second-order valence-corrected chi connectivity index (χ2v) is 6.59. The first-order chi connectivity index (χ1) is 13.9. The van der Waals surface area contributed by atoms with Crippen LogP contribution >= 0.6 is 0 Å². The third-order valence-corrected chi connectivity index (χ3v) is 4.51. The van der Waals surface area contributed by atoms with E-state index in [1.165, 1.54) is 0 Å². The molecule has 9 heteroatoms. The summed E-state index contributed by atoms with van der Waals surface area (Å²) in [5.74, 6) is 4.30. The highest BCUT2D eigenvalue weighted by Gasteiger charge is 2.21. The van der Waals surface area contributed by atoms with Gasteiger partial charge in [0.25, 0.3) is 5.91 Å². The Balaban J connectivity index is 1.98. The number of aldehydes is 1. The van der Waals surface area contributed by atoms with Crippen molar-refractivity contribution in [2.24, 2.45) is 11.6 Å². The lowest BCUT2D eigenvalue weighted by molar-refractivity contribution is -0.108. The average molecular weight is 396 g/mol. The number of anilines is 3. The summed E-state index contributed by atoms with van der Waals surface area (Å²) >= 11 is 0. The number of benzene rings is 1. The van der Waals surface area contributed by atoms with Crippen LogP contribution in [0.3, 0.4) is 0 Å². The fourth-order valence-corrected chi connectivity index (χ4v) is 2.88. The molecular formula is C20H21FN6O2. The zero-order chi connectivity index (χ0) is 21.0. The number of nitrogens with two attached hydrogens (primary N) is 2. The largest absolute Gasteiger partial charge is 0.365 e. The standard InChI is InChI=1S/C20H21FN6O2/c1-12(4-3-9-28)27(23)20-16(21)11-15(18(22)29)19(26-20)25-14-7-6-13-5-2-8-24-17(13)10-14/h2,5-12H,3-4,23H2,1H3,(H2,22,29)(H,25,26). The van der Waals surface area contributed by atoms with Crippen molar-refractivity contribution >= 4 is 40.4 Å².